The number of anilines is 1. The summed E-state index contributed by atoms with van der Waals surface area (Å²) in [6, 6.07) is 19.4. The Hall–Kier alpha value is -3.01. The lowest BCUT2D eigenvalue weighted by atomic mass is 10.1. The summed E-state index contributed by atoms with van der Waals surface area (Å²) < 4.78 is 6.07. The number of amides is 1. The zero-order chi connectivity index (χ0) is 19.5. The van der Waals surface area contributed by atoms with E-state index >= 15 is 0 Å². The van der Waals surface area contributed by atoms with Gasteiger partial charge in [0.1, 0.15) is 17.6 Å². The smallest absolute Gasteiger partial charge is 0.227 e. The van der Waals surface area contributed by atoms with E-state index in [2.05, 4.69) is 13.0 Å². The highest BCUT2D eigenvalue weighted by atomic mass is 16.5. The Bertz CT molecular complexity index is 973. The van der Waals surface area contributed by atoms with Crippen molar-refractivity contribution in [3.63, 3.8) is 0 Å². The topological polar surface area (TPSA) is 49.8 Å². The fourth-order valence-electron chi connectivity index (χ4n) is 3.82. The van der Waals surface area contributed by atoms with Crippen molar-refractivity contribution in [2.24, 2.45) is 0 Å². The van der Waals surface area contributed by atoms with Gasteiger partial charge in [-0.05, 0) is 29.5 Å². The Morgan fingerprint density at radius 1 is 1.11 bits per heavy atom. The van der Waals surface area contributed by atoms with Gasteiger partial charge < -0.3 is 14.7 Å². The van der Waals surface area contributed by atoms with Gasteiger partial charge in [0, 0.05) is 18.2 Å². The van der Waals surface area contributed by atoms with Gasteiger partial charge in [0.2, 0.25) is 5.91 Å². The van der Waals surface area contributed by atoms with E-state index in [1.807, 2.05) is 54.6 Å². The minimum atomic E-state index is -0.117. The number of rotatable bonds is 6. The predicted molar refractivity (Wildman–Crippen MR) is 112 cm³/mol. The van der Waals surface area contributed by atoms with Crippen LogP contribution >= 0.6 is 0 Å². The van der Waals surface area contributed by atoms with Gasteiger partial charge in [0.05, 0.1) is 12.2 Å². The zero-order valence-electron chi connectivity index (χ0n) is 16.1. The van der Waals surface area contributed by atoms with Crippen LogP contribution in [-0.4, -0.2) is 23.7 Å². The lowest BCUT2D eigenvalue weighted by molar-refractivity contribution is -0.119. The summed E-state index contributed by atoms with van der Waals surface area (Å²) in [6.45, 7) is 2.49. The Morgan fingerprint density at radius 2 is 1.89 bits per heavy atom. The standard InChI is InChI=1S/C24H25NO3/c1-2-3-12-23(26)25(16-19-15-18-9-5-7-11-22(18)28-19)21-14-13-17-8-4-6-10-20(17)24(21)27/h4-11,13-14,19,27H,2-3,12,15-16H2,1H3. The molecular formula is C24H25NO3. The van der Waals surface area contributed by atoms with Crippen LogP contribution in [0.3, 0.4) is 0 Å². The molecule has 0 spiro atoms. The minimum absolute atomic E-state index is 0.0204. The maximum absolute atomic E-state index is 13.0. The molecule has 28 heavy (non-hydrogen) atoms. The molecule has 4 nitrogen and oxygen atoms in total. The van der Waals surface area contributed by atoms with Crippen molar-refractivity contribution in [3.05, 3.63) is 66.2 Å². The largest absolute Gasteiger partial charge is 0.505 e. The van der Waals surface area contributed by atoms with Crippen LogP contribution in [0.1, 0.15) is 31.7 Å². The molecule has 0 aromatic heterocycles. The van der Waals surface area contributed by atoms with Gasteiger partial charge in [0.15, 0.2) is 0 Å². The van der Waals surface area contributed by atoms with Gasteiger partial charge in [-0.25, -0.2) is 0 Å². The second-order valence-electron chi connectivity index (χ2n) is 7.31. The van der Waals surface area contributed by atoms with E-state index < -0.39 is 0 Å². The first-order chi connectivity index (χ1) is 13.7. The van der Waals surface area contributed by atoms with Crippen molar-refractivity contribution in [1.29, 1.82) is 0 Å². The van der Waals surface area contributed by atoms with Crippen LogP contribution in [0, 0.1) is 0 Å². The molecule has 0 radical (unpaired) electrons. The number of ether oxygens (including phenoxy) is 1. The molecule has 4 heteroatoms. The highest BCUT2D eigenvalue weighted by Gasteiger charge is 2.28. The number of phenols is 1. The van der Waals surface area contributed by atoms with E-state index in [1.165, 1.54) is 0 Å². The van der Waals surface area contributed by atoms with E-state index in [-0.39, 0.29) is 17.8 Å². The highest BCUT2D eigenvalue weighted by molar-refractivity contribution is 6.00. The molecule has 144 valence electrons. The van der Waals surface area contributed by atoms with Crippen LogP contribution in [0.5, 0.6) is 11.5 Å². The van der Waals surface area contributed by atoms with Gasteiger partial charge in [-0.1, -0.05) is 61.9 Å². The number of fused-ring (bicyclic) bond motifs is 2. The number of hydrogen-bond donors (Lipinski definition) is 1. The molecule has 0 bridgehead atoms. The van der Waals surface area contributed by atoms with Crippen LogP contribution in [0.4, 0.5) is 5.69 Å². The second-order valence-corrected chi connectivity index (χ2v) is 7.31. The van der Waals surface area contributed by atoms with Gasteiger partial charge in [-0.3, -0.25) is 4.79 Å². The number of aromatic hydroxyl groups is 1. The Morgan fingerprint density at radius 3 is 2.71 bits per heavy atom. The molecule has 1 aliphatic rings. The zero-order valence-corrected chi connectivity index (χ0v) is 16.1. The average Bonchev–Trinajstić information content (AvgIpc) is 3.14. The van der Waals surface area contributed by atoms with E-state index in [1.54, 1.807) is 4.90 Å². The van der Waals surface area contributed by atoms with Crippen molar-refractivity contribution < 1.29 is 14.6 Å². The number of phenolic OH excluding ortho intramolecular Hbond substituents is 1. The van der Waals surface area contributed by atoms with Crippen LogP contribution in [-0.2, 0) is 11.2 Å². The fraction of sp³-hybridized carbons (Fsp3) is 0.292. The van der Waals surface area contributed by atoms with E-state index in [4.69, 9.17) is 4.74 Å². The van der Waals surface area contributed by atoms with Crippen LogP contribution in [0.25, 0.3) is 10.8 Å². The van der Waals surface area contributed by atoms with E-state index in [0.717, 1.165) is 41.3 Å². The number of unbranched alkanes of at least 4 members (excludes halogenated alkanes) is 1. The number of nitrogens with zero attached hydrogens (tertiary/aromatic N) is 1. The molecule has 1 heterocycles. The molecule has 1 amide bonds. The Labute approximate surface area is 165 Å². The molecule has 1 N–H and O–H groups in total. The first kappa shape index (κ1) is 18.4. The predicted octanol–water partition coefficient (Wildman–Crippen LogP) is 5.07. The molecular weight excluding hydrogens is 350 g/mol. The summed E-state index contributed by atoms with van der Waals surface area (Å²) in [4.78, 5) is 14.7. The quantitative estimate of drug-likeness (QED) is 0.654. The summed E-state index contributed by atoms with van der Waals surface area (Å²) in [7, 11) is 0. The fourth-order valence-corrected chi connectivity index (χ4v) is 3.82. The van der Waals surface area contributed by atoms with E-state index in [0.29, 0.717) is 18.7 Å². The third-order valence-electron chi connectivity index (χ3n) is 5.32. The summed E-state index contributed by atoms with van der Waals surface area (Å²) >= 11 is 0. The normalized spacial score (nSPS) is 15.2. The molecule has 1 aliphatic heterocycles. The molecule has 3 aromatic rings. The number of para-hydroxylation sites is 1. The van der Waals surface area contributed by atoms with Crippen molar-refractivity contribution in [2.45, 2.75) is 38.7 Å². The van der Waals surface area contributed by atoms with E-state index in [9.17, 15) is 9.90 Å². The Balaban J connectivity index is 1.65. The molecule has 4 rings (SSSR count). The summed E-state index contributed by atoms with van der Waals surface area (Å²) in [5, 5.41) is 12.6. The molecule has 1 unspecified atom stereocenters. The van der Waals surface area contributed by atoms with Crippen LogP contribution in [0.15, 0.2) is 60.7 Å². The monoisotopic (exact) mass is 375 g/mol. The first-order valence-electron chi connectivity index (χ1n) is 9.93. The number of carbonyl (C=O) groups excluding carboxylic acids is 1. The van der Waals surface area contributed by atoms with Gasteiger partial charge in [-0.2, -0.15) is 0 Å². The third kappa shape index (κ3) is 3.55. The molecule has 0 aliphatic carbocycles. The average molecular weight is 375 g/mol. The highest BCUT2D eigenvalue weighted by Crippen LogP contribution is 2.37. The van der Waals surface area contributed by atoms with Crippen molar-refractivity contribution in [2.75, 3.05) is 11.4 Å². The summed E-state index contributed by atoms with van der Waals surface area (Å²) in [5.74, 6) is 1.06. The lowest BCUT2D eigenvalue weighted by Gasteiger charge is -2.27. The SMILES string of the molecule is CCCCC(=O)N(CC1Cc2ccccc2O1)c1ccc2ccccc2c1O. The minimum Gasteiger partial charge on any atom is -0.505 e. The van der Waals surface area contributed by atoms with Crippen LogP contribution in [0.2, 0.25) is 0 Å². The van der Waals surface area contributed by atoms with Gasteiger partial charge in [0.25, 0.3) is 0 Å². The number of carbonyl (C=O) groups is 1. The Kier molecular flexibility index (Phi) is 5.20. The van der Waals surface area contributed by atoms with Crippen LogP contribution < -0.4 is 9.64 Å². The molecule has 3 aromatic carbocycles. The summed E-state index contributed by atoms with van der Waals surface area (Å²) in [5.41, 5.74) is 1.72. The summed E-state index contributed by atoms with van der Waals surface area (Å²) in [6.07, 6.45) is 2.89. The lowest BCUT2D eigenvalue weighted by Crippen LogP contribution is -2.39. The van der Waals surface area contributed by atoms with Crippen molar-refractivity contribution in [1.82, 2.24) is 0 Å². The van der Waals surface area contributed by atoms with Crippen molar-refractivity contribution in [3.8, 4) is 11.5 Å². The third-order valence-corrected chi connectivity index (χ3v) is 5.32. The first-order valence-corrected chi connectivity index (χ1v) is 9.93. The molecule has 0 saturated carbocycles. The maximum Gasteiger partial charge on any atom is 0.227 e. The number of hydrogen-bond acceptors (Lipinski definition) is 3. The second kappa shape index (κ2) is 7.93. The maximum atomic E-state index is 13.0. The molecule has 1 atom stereocenters. The van der Waals surface area contributed by atoms with Gasteiger partial charge in [-0.15, -0.1) is 0 Å². The van der Waals surface area contributed by atoms with Gasteiger partial charge >= 0.3 is 0 Å². The molecule has 0 fully saturated rings. The van der Waals surface area contributed by atoms with Crippen molar-refractivity contribution >= 4 is 22.4 Å². The molecule has 0 saturated heterocycles. The number of benzene rings is 3.